The van der Waals surface area contributed by atoms with Crippen LogP contribution in [0.2, 0.25) is 0 Å². The molecule has 0 aliphatic rings. The molecule has 1 aromatic carbocycles. The number of fused-ring (bicyclic) bond motifs is 1. The van der Waals surface area contributed by atoms with Gasteiger partial charge in [-0.25, -0.2) is 9.67 Å². The molecule has 0 fully saturated rings. The van der Waals surface area contributed by atoms with Gasteiger partial charge in [0, 0.05) is 18.5 Å². The van der Waals surface area contributed by atoms with Gasteiger partial charge in [-0.05, 0) is 24.8 Å². The van der Waals surface area contributed by atoms with E-state index < -0.39 is 0 Å². The summed E-state index contributed by atoms with van der Waals surface area (Å²) in [5, 5.41) is 9.41. The minimum Gasteiger partial charge on any atom is -0.323 e. The van der Waals surface area contributed by atoms with E-state index in [0.29, 0.717) is 5.69 Å². The summed E-state index contributed by atoms with van der Waals surface area (Å²) in [4.78, 5) is 15.7. The Bertz CT molecular complexity index is 835. The van der Waals surface area contributed by atoms with Gasteiger partial charge in [0.15, 0.2) is 5.82 Å². The van der Waals surface area contributed by atoms with Crippen LogP contribution in [0.25, 0.3) is 16.6 Å². The zero-order chi connectivity index (χ0) is 15.0. The number of hydrogen-bond donors (Lipinski definition) is 1. The van der Waals surface area contributed by atoms with Gasteiger partial charge in [-0.15, -0.1) is 0 Å². The number of hydrogen-bond acceptors (Lipinski definition) is 3. The predicted octanol–water partition coefficient (Wildman–Crippen LogP) is 3.00. The number of aryl methyl sites for hydroxylation is 2. The van der Waals surface area contributed by atoms with E-state index in [0.717, 1.165) is 27.8 Å². The molecule has 0 aliphatic carbocycles. The standard InChI is InChI=1S/C16H16N4O/c1-10-8-17-16(14-7-5-4-6-13(10)14)20-9-15(11(2)19-20)18-12(3)21/h4-9H,1-3H3,(H,18,21). The largest absolute Gasteiger partial charge is 0.323 e. The van der Waals surface area contributed by atoms with Crippen LogP contribution >= 0.6 is 0 Å². The van der Waals surface area contributed by atoms with Crippen LogP contribution in [-0.4, -0.2) is 20.7 Å². The number of nitrogens with one attached hydrogen (secondary N) is 1. The second-order valence-corrected chi connectivity index (χ2v) is 5.06. The lowest BCUT2D eigenvalue weighted by atomic mass is 10.1. The molecule has 0 unspecified atom stereocenters. The molecule has 3 rings (SSSR count). The fourth-order valence-electron chi connectivity index (χ4n) is 2.38. The molecule has 106 valence electrons. The minimum absolute atomic E-state index is 0.112. The number of anilines is 1. The van der Waals surface area contributed by atoms with Crippen molar-refractivity contribution in [2.24, 2.45) is 0 Å². The smallest absolute Gasteiger partial charge is 0.221 e. The normalized spacial score (nSPS) is 10.8. The summed E-state index contributed by atoms with van der Waals surface area (Å²) < 4.78 is 1.71. The first-order valence-electron chi connectivity index (χ1n) is 6.75. The number of rotatable bonds is 2. The van der Waals surface area contributed by atoms with E-state index in [-0.39, 0.29) is 5.91 Å². The van der Waals surface area contributed by atoms with Crippen LogP contribution in [0.5, 0.6) is 0 Å². The molecule has 0 radical (unpaired) electrons. The zero-order valence-electron chi connectivity index (χ0n) is 12.2. The first-order valence-corrected chi connectivity index (χ1v) is 6.75. The molecule has 2 aromatic heterocycles. The Labute approximate surface area is 122 Å². The lowest BCUT2D eigenvalue weighted by Gasteiger charge is -2.07. The third kappa shape index (κ3) is 2.38. The van der Waals surface area contributed by atoms with Crippen molar-refractivity contribution in [3.05, 3.63) is 47.9 Å². The van der Waals surface area contributed by atoms with Crippen molar-refractivity contribution in [2.45, 2.75) is 20.8 Å². The van der Waals surface area contributed by atoms with E-state index in [1.54, 1.807) is 10.9 Å². The molecular formula is C16H16N4O. The van der Waals surface area contributed by atoms with Gasteiger partial charge in [-0.3, -0.25) is 4.79 Å². The van der Waals surface area contributed by atoms with Crippen LogP contribution in [0, 0.1) is 13.8 Å². The first-order chi connectivity index (χ1) is 10.1. The highest BCUT2D eigenvalue weighted by Gasteiger charge is 2.11. The van der Waals surface area contributed by atoms with E-state index >= 15 is 0 Å². The third-order valence-electron chi connectivity index (χ3n) is 3.40. The molecule has 0 bridgehead atoms. The number of pyridine rings is 1. The molecule has 5 nitrogen and oxygen atoms in total. The SMILES string of the molecule is CC(=O)Nc1cn(-c2ncc(C)c3ccccc23)nc1C. The van der Waals surface area contributed by atoms with Crippen molar-refractivity contribution in [3.8, 4) is 5.82 Å². The molecule has 21 heavy (non-hydrogen) atoms. The lowest BCUT2D eigenvalue weighted by Crippen LogP contribution is -2.05. The van der Waals surface area contributed by atoms with Crippen molar-refractivity contribution in [2.75, 3.05) is 5.32 Å². The molecule has 0 spiro atoms. The van der Waals surface area contributed by atoms with Crippen molar-refractivity contribution in [1.82, 2.24) is 14.8 Å². The Morgan fingerprint density at radius 3 is 2.62 bits per heavy atom. The number of amides is 1. The molecule has 3 aromatic rings. The monoisotopic (exact) mass is 280 g/mol. The second-order valence-electron chi connectivity index (χ2n) is 5.06. The summed E-state index contributed by atoms with van der Waals surface area (Å²) in [6.45, 7) is 5.38. The molecule has 0 saturated heterocycles. The molecule has 1 amide bonds. The maximum absolute atomic E-state index is 11.2. The van der Waals surface area contributed by atoms with Crippen LogP contribution in [-0.2, 0) is 4.79 Å². The molecule has 5 heteroatoms. The highest BCUT2D eigenvalue weighted by Crippen LogP contribution is 2.24. The van der Waals surface area contributed by atoms with Gasteiger partial charge >= 0.3 is 0 Å². The Kier molecular flexibility index (Phi) is 3.17. The molecule has 0 aliphatic heterocycles. The Hall–Kier alpha value is -2.69. The summed E-state index contributed by atoms with van der Waals surface area (Å²) in [7, 11) is 0. The molecule has 2 heterocycles. The quantitative estimate of drug-likeness (QED) is 0.785. The topological polar surface area (TPSA) is 59.8 Å². The van der Waals surface area contributed by atoms with Crippen molar-refractivity contribution in [1.29, 1.82) is 0 Å². The maximum Gasteiger partial charge on any atom is 0.221 e. The first kappa shape index (κ1) is 13.3. The van der Waals surface area contributed by atoms with E-state index in [9.17, 15) is 4.79 Å². The average molecular weight is 280 g/mol. The van der Waals surface area contributed by atoms with E-state index in [1.165, 1.54) is 6.92 Å². The highest BCUT2D eigenvalue weighted by atomic mass is 16.1. The minimum atomic E-state index is -0.112. The summed E-state index contributed by atoms with van der Waals surface area (Å²) in [6.07, 6.45) is 3.63. The van der Waals surface area contributed by atoms with E-state index in [2.05, 4.69) is 21.5 Å². The summed E-state index contributed by atoms with van der Waals surface area (Å²) in [5.74, 6) is 0.648. The Balaban J connectivity index is 2.17. The molecule has 0 saturated carbocycles. The van der Waals surface area contributed by atoms with Gasteiger partial charge < -0.3 is 5.32 Å². The Morgan fingerprint density at radius 2 is 1.90 bits per heavy atom. The molecule has 1 N–H and O–H groups in total. The maximum atomic E-state index is 11.2. The summed E-state index contributed by atoms with van der Waals surface area (Å²) >= 11 is 0. The van der Waals surface area contributed by atoms with Crippen molar-refractivity contribution in [3.63, 3.8) is 0 Å². The van der Waals surface area contributed by atoms with Gasteiger partial charge in [0.2, 0.25) is 5.91 Å². The molecular weight excluding hydrogens is 264 g/mol. The summed E-state index contributed by atoms with van der Waals surface area (Å²) in [5.41, 5.74) is 2.59. The van der Waals surface area contributed by atoms with Gasteiger partial charge in [0.1, 0.15) is 0 Å². The third-order valence-corrected chi connectivity index (χ3v) is 3.40. The zero-order valence-corrected chi connectivity index (χ0v) is 12.2. The second kappa shape index (κ2) is 5.01. The van der Waals surface area contributed by atoms with Crippen LogP contribution in [0.1, 0.15) is 18.2 Å². The number of carbonyl (C=O) groups excluding carboxylic acids is 1. The van der Waals surface area contributed by atoms with Crippen LogP contribution in [0.15, 0.2) is 36.7 Å². The predicted molar refractivity (Wildman–Crippen MR) is 82.6 cm³/mol. The summed E-state index contributed by atoms with van der Waals surface area (Å²) in [6, 6.07) is 8.09. The van der Waals surface area contributed by atoms with E-state index in [4.69, 9.17) is 0 Å². The van der Waals surface area contributed by atoms with E-state index in [1.807, 2.05) is 38.2 Å². The van der Waals surface area contributed by atoms with Gasteiger partial charge in [-0.1, -0.05) is 24.3 Å². The van der Waals surface area contributed by atoms with Gasteiger partial charge in [-0.2, -0.15) is 5.10 Å². The van der Waals surface area contributed by atoms with Crippen molar-refractivity contribution >= 4 is 22.4 Å². The van der Waals surface area contributed by atoms with Gasteiger partial charge in [0.25, 0.3) is 0 Å². The van der Waals surface area contributed by atoms with Crippen molar-refractivity contribution < 1.29 is 4.79 Å². The number of carbonyl (C=O) groups is 1. The number of nitrogens with zero attached hydrogens (tertiary/aromatic N) is 3. The lowest BCUT2D eigenvalue weighted by molar-refractivity contribution is -0.114. The fourth-order valence-corrected chi connectivity index (χ4v) is 2.38. The van der Waals surface area contributed by atoms with Crippen LogP contribution < -0.4 is 5.32 Å². The number of benzene rings is 1. The number of aromatic nitrogens is 3. The highest BCUT2D eigenvalue weighted by molar-refractivity contribution is 5.91. The average Bonchev–Trinajstić information content (AvgIpc) is 2.80. The van der Waals surface area contributed by atoms with Crippen LogP contribution in [0.3, 0.4) is 0 Å². The fraction of sp³-hybridized carbons (Fsp3) is 0.188. The van der Waals surface area contributed by atoms with Crippen LogP contribution in [0.4, 0.5) is 5.69 Å². The molecule has 0 atom stereocenters. The van der Waals surface area contributed by atoms with Gasteiger partial charge in [0.05, 0.1) is 17.6 Å². The Morgan fingerprint density at radius 1 is 1.19 bits per heavy atom.